The molecule has 1 aliphatic heterocycles. The molecule has 2 heterocycles. The van der Waals surface area contributed by atoms with Crippen LogP contribution >= 0.6 is 0 Å². The third-order valence-electron chi connectivity index (χ3n) is 3.62. The predicted molar refractivity (Wildman–Crippen MR) is 94.3 cm³/mol. The van der Waals surface area contributed by atoms with Crippen LogP contribution in [-0.4, -0.2) is 53.2 Å². The summed E-state index contributed by atoms with van der Waals surface area (Å²) in [5.74, 6) is 1.50. The molecule has 8 nitrogen and oxygen atoms in total. The summed E-state index contributed by atoms with van der Waals surface area (Å²) < 4.78 is 5.27. The predicted octanol–water partition coefficient (Wildman–Crippen LogP) is 1.82. The maximum atomic E-state index is 11.1. The molecule has 2 rings (SSSR count). The maximum absolute atomic E-state index is 11.1. The van der Waals surface area contributed by atoms with Crippen molar-refractivity contribution in [1.29, 1.82) is 0 Å². The van der Waals surface area contributed by atoms with Crippen LogP contribution in [0.4, 0.5) is 17.8 Å². The number of esters is 1. The third kappa shape index (κ3) is 5.36. The van der Waals surface area contributed by atoms with Gasteiger partial charge in [0.25, 0.3) is 0 Å². The highest BCUT2D eigenvalue weighted by atomic mass is 16.5. The van der Waals surface area contributed by atoms with Gasteiger partial charge in [-0.3, -0.25) is 4.79 Å². The van der Waals surface area contributed by atoms with Crippen molar-refractivity contribution in [3.63, 3.8) is 0 Å². The van der Waals surface area contributed by atoms with E-state index in [2.05, 4.69) is 44.0 Å². The first kappa shape index (κ1) is 18.0. The quantitative estimate of drug-likeness (QED) is 0.549. The number of carbonyl (C=O) groups is 1. The van der Waals surface area contributed by atoms with Gasteiger partial charge in [-0.15, -0.1) is 6.58 Å². The molecule has 1 aliphatic rings. The maximum Gasteiger partial charge on any atom is 0.302 e. The Balaban J connectivity index is 2.07. The van der Waals surface area contributed by atoms with Crippen LogP contribution < -0.4 is 15.5 Å². The topological polar surface area (TPSA) is 92.3 Å². The Bertz CT molecular complexity index is 557. The molecule has 0 aliphatic carbocycles. The van der Waals surface area contributed by atoms with Crippen molar-refractivity contribution >= 4 is 23.8 Å². The normalized spacial score (nSPS) is 15.0. The van der Waals surface area contributed by atoms with Crippen LogP contribution in [-0.2, 0) is 9.53 Å². The fraction of sp³-hybridized carbons (Fsp3) is 0.625. The largest absolute Gasteiger partial charge is 0.462 e. The van der Waals surface area contributed by atoms with E-state index in [1.54, 1.807) is 6.08 Å². The number of hydrogen-bond donors (Lipinski definition) is 2. The minimum atomic E-state index is -0.226. The lowest BCUT2D eigenvalue weighted by Crippen LogP contribution is -2.38. The fourth-order valence-corrected chi connectivity index (χ4v) is 2.47. The van der Waals surface area contributed by atoms with E-state index in [1.165, 1.54) is 6.92 Å². The van der Waals surface area contributed by atoms with Gasteiger partial charge in [0.1, 0.15) is 6.10 Å². The monoisotopic (exact) mass is 334 g/mol. The lowest BCUT2D eigenvalue weighted by Gasteiger charge is -2.31. The standard InChI is InChI=1S/C16H26N6O2/c1-4-8-17-14-19-15(18-9-5-2)21-16(20-14)22-10-6-13(7-11-22)24-12(3)23/h4,13H,1,5-11H2,2-3H3,(H2,17,18,19,20,21). The van der Waals surface area contributed by atoms with Crippen LogP contribution in [0.15, 0.2) is 12.7 Å². The average Bonchev–Trinajstić information content (AvgIpc) is 2.58. The molecular weight excluding hydrogens is 308 g/mol. The van der Waals surface area contributed by atoms with Gasteiger partial charge in [-0.2, -0.15) is 15.0 Å². The molecule has 0 saturated carbocycles. The van der Waals surface area contributed by atoms with Crippen LogP contribution in [0.25, 0.3) is 0 Å². The summed E-state index contributed by atoms with van der Waals surface area (Å²) in [6.45, 7) is 10.1. The van der Waals surface area contributed by atoms with Crippen LogP contribution in [0, 0.1) is 0 Å². The Hall–Kier alpha value is -2.38. The van der Waals surface area contributed by atoms with Crippen molar-refractivity contribution < 1.29 is 9.53 Å². The van der Waals surface area contributed by atoms with Crippen LogP contribution in [0.5, 0.6) is 0 Å². The minimum Gasteiger partial charge on any atom is -0.462 e. The van der Waals surface area contributed by atoms with Gasteiger partial charge in [-0.25, -0.2) is 0 Å². The molecule has 0 radical (unpaired) electrons. The number of rotatable bonds is 8. The molecule has 0 bridgehead atoms. The van der Waals surface area contributed by atoms with Crippen LogP contribution in [0.2, 0.25) is 0 Å². The number of carbonyl (C=O) groups excluding carboxylic acids is 1. The van der Waals surface area contributed by atoms with Crippen LogP contribution in [0.3, 0.4) is 0 Å². The Morgan fingerprint density at radius 1 is 1.29 bits per heavy atom. The molecule has 1 aromatic heterocycles. The van der Waals surface area contributed by atoms with E-state index in [9.17, 15) is 4.79 Å². The number of anilines is 3. The second-order valence-electron chi connectivity index (χ2n) is 5.67. The van der Waals surface area contributed by atoms with E-state index in [-0.39, 0.29) is 12.1 Å². The van der Waals surface area contributed by atoms with Gasteiger partial charge < -0.3 is 20.3 Å². The van der Waals surface area contributed by atoms with Gasteiger partial charge in [-0.05, 0) is 6.42 Å². The number of aromatic nitrogens is 3. The summed E-state index contributed by atoms with van der Waals surface area (Å²) in [6.07, 6.45) is 4.28. The summed E-state index contributed by atoms with van der Waals surface area (Å²) in [5, 5.41) is 6.31. The van der Waals surface area contributed by atoms with E-state index < -0.39 is 0 Å². The summed E-state index contributed by atoms with van der Waals surface area (Å²) in [7, 11) is 0. The highest BCUT2D eigenvalue weighted by Gasteiger charge is 2.23. The summed E-state index contributed by atoms with van der Waals surface area (Å²) in [5.41, 5.74) is 0. The van der Waals surface area contributed by atoms with Gasteiger partial charge in [0.15, 0.2) is 0 Å². The third-order valence-corrected chi connectivity index (χ3v) is 3.62. The van der Waals surface area contributed by atoms with E-state index in [4.69, 9.17) is 4.74 Å². The van der Waals surface area contributed by atoms with Gasteiger partial charge in [0.05, 0.1) is 0 Å². The molecule has 24 heavy (non-hydrogen) atoms. The van der Waals surface area contributed by atoms with E-state index in [0.29, 0.717) is 24.4 Å². The molecule has 2 N–H and O–H groups in total. The molecule has 1 saturated heterocycles. The van der Waals surface area contributed by atoms with Gasteiger partial charge >= 0.3 is 5.97 Å². The first-order chi connectivity index (χ1) is 11.6. The zero-order valence-corrected chi connectivity index (χ0v) is 14.4. The first-order valence-corrected chi connectivity index (χ1v) is 8.39. The Kier molecular flexibility index (Phi) is 6.77. The van der Waals surface area contributed by atoms with Crippen molar-refractivity contribution in [3.05, 3.63) is 12.7 Å². The Labute approximate surface area is 142 Å². The zero-order valence-electron chi connectivity index (χ0n) is 14.4. The SMILES string of the molecule is C=CCNc1nc(NCCC)nc(N2CCC(OC(C)=O)CC2)n1. The molecule has 0 atom stereocenters. The van der Waals surface area contributed by atoms with Gasteiger partial charge in [0.2, 0.25) is 17.8 Å². The van der Waals surface area contributed by atoms with Crippen molar-refractivity contribution in [3.8, 4) is 0 Å². The molecule has 0 amide bonds. The van der Waals surface area contributed by atoms with Crippen LogP contribution in [0.1, 0.15) is 33.1 Å². The molecule has 1 aromatic rings. The highest BCUT2D eigenvalue weighted by Crippen LogP contribution is 2.20. The number of nitrogens with one attached hydrogen (secondary N) is 2. The molecule has 1 fully saturated rings. The van der Waals surface area contributed by atoms with Crippen molar-refractivity contribution in [2.45, 2.75) is 39.2 Å². The van der Waals surface area contributed by atoms with Crippen molar-refractivity contribution in [1.82, 2.24) is 15.0 Å². The van der Waals surface area contributed by atoms with Crippen molar-refractivity contribution in [2.75, 3.05) is 41.7 Å². The van der Waals surface area contributed by atoms with E-state index >= 15 is 0 Å². The second-order valence-corrected chi connectivity index (χ2v) is 5.67. The highest BCUT2D eigenvalue weighted by molar-refractivity contribution is 5.66. The molecule has 0 aromatic carbocycles. The number of nitrogens with zero attached hydrogens (tertiary/aromatic N) is 4. The molecule has 8 heteroatoms. The van der Waals surface area contributed by atoms with E-state index in [0.717, 1.165) is 38.9 Å². The summed E-state index contributed by atoms with van der Waals surface area (Å²) >= 11 is 0. The number of piperidine rings is 1. The minimum absolute atomic E-state index is 0.0170. The second kappa shape index (κ2) is 9.05. The smallest absolute Gasteiger partial charge is 0.302 e. The lowest BCUT2D eigenvalue weighted by molar-refractivity contribution is -0.147. The van der Waals surface area contributed by atoms with Crippen molar-refractivity contribution in [2.24, 2.45) is 0 Å². The first-order valence-electron chi connectivity index (χ1n) is 8.39. The molecule has 0 spiro atoms. The Morgan fingerprint density at radius 3 is 2.54 bits per heavy atom. The zero-order chi connectivity index (χ0) is 17.4. The van der Waals surface area contributed by atoms with Gasteiger partial charge in [0, 0.05) is 45.9 Å². The fourth-order valence-electron chi connectivity index (χ4n) is 2.47. The lowest BCUT2D eigenvalue weighted by atomic mass is 10.1. The Morgan fingerprint density at radius 2 is 1.96 bits per heavy atom. The molecule has 132 valence electrons. The van der Waals surface area contributed by atoms with Gasteiger partial charge in [-0.1, -0.05) is 13.0 Å². The summed E-state index contributed by atoms with van der Waals surface area (Å²) in [6, 6.07) is 0. The average molecular weight is 334 g/mol. The van der Waals surface area contributed by atoms with E-state index in [1.807, 2.05) is 0 Å². The molecule has 0 unspecified atom stereocenters. The summed E-state index contributed by atoms with van der Waals surface area (Å²) in [4.78, 5) is 26.5. The number of ether oxygens (including phenoxy) is 1. The number of hydrogen-bond acceptors (Lipinski definition) is 8. The molecular formula is C16H26N6O2.